The van der Waals surface area contributed by atoms with Crippen LogP contribution in [0.2, 0.25) is 0 Å². The molecule has 1 saturated heterocycles. The minimum Gasteiger partial charge on any atom is -0.462 e. The molecule has 0 aliphatic carbocycles. The van der Waals surface area contributed by atoms with Crippen LogP contribution in [0.15, 0.2) is 18.2 Å². The van der Waals surface area contributed by atoms with E-state index in [1.807, 2.05) is 31.7 Å². The van der Waals surface area contributed by atoms with Crippen LogP contribution < -0.4 is 4.90 Å². The fourth-order valence-electron chi connectivity index (χ4n) is 2.01. The zero-order valence-electron chi connectivity index (χ0n) is 11.1. The van der Waals surface area contributed by atoms with Gasteiger partial charge in [-0.05, 0) is 20.8 Å². The van der Waals surface area contributed by atoms with E-state index >= 15 is 0 Å². The van der Waals surface area contributed by atoms with Crippen molar-refractivity contribution in [2.45, 2.75) is 32.4 Å². The van der Waals surface area contributed by atoms with E-state index in [2.05, 4.69) is 4.74 Å². The SMILES string of the molecule is CC(C)(C)OC=O.O=[N+]([O-])c1cccc2c1N1CC21. The first kappa shape index (κ1) is 13.3. The third kappa shape index (κ3) is 2.67. The highest BCUT2D eigenvalue weighted by molar-refractivity contribution is 5.82. The Morgan fingerprint density at radius 2 is 2.16 bits per heavy atom. The Labute approximate surface area is 111 Å². The lowest BCUT2D eigenvalue weighted by atomic mass is 10.0. The highest BCUT2D eigenvalue weighted by Crippen LogP contribution is 2.57. The lowest BCUT2D eigenvalue weighted by molar-refractivity contribution is -0.384. The molecule has 1 atom stereocenters. The van der Waals surface area contributed by atoms with Gasteiger partial charge in [-0.25, -0.2) is 0 Å². The second-order valence-electron chi connectivity index (χ2n) is 5.47. The number of rotatable bonds is 2. The Kier molecular flexibility index (Phi) is 3.18. The summed E-state index contributed by atoms with van der Waals surface area (Å²) in [5, 5.41) is 10.6. The summed E-state index contributed by atoms with van der Waals surface area (Å²) < 4.78 is 4.55. The normalized spacial score (nSPS) is 18.1. The average molecular weight is 264 g/mol. The zero-order valence-corrected chi connectivity index (χ0v) is 11.1. The van der Waals surface area contributed by atoms with Crippen LogP contribution in [0.3, 0.4) is 0 Å². The van der Waals surface area contributed by atoms with Crippen molar-refractivity contribution in [1.82, 2.24) is 0 Å². The standard InChI is InChI=1S/C8H6N2O2.C5H10O2/c11-10(12)6-3-1-2-5-7-4-9(7)8(5)6;1-5(2,3)7-4-6/h1-3,7H,4H2;4H,1-3H3. The molecule has 0 spiro atoms. The molecule has 0 amide bonds. The number of carbonyl (C=O) groups is 1. The van der Waals surface area contributed by atoms with Crippen molar-refractivity contribution in [2.24, 2.45) is 0 Å². The van der Waals surface area contributed by atoms with Crippen molar-refractivity contribution >= 4 is 17.8 Å². The molecule has 0 N–H and O–H groups in total. The number of nitro benzene ring substituents is 1. The Morgan fingerprint density at radius 3 is 2.63 bits per heavy atom. The summed E-state index contributed by atoms with van der Waals surface area (Å²) >= 11 is 0. The van der Waals surface area contributed by atoms with Crippen molar-refractivity contribution < 1.29 is 14.5 Å². The van der Waals surface area contributed by atoms with E-state index in [0.717, 1.165) is 17.8 Å². The number of nitrogens with zero attached hydrogens (tertiary/aromatic N) is 2. The van der Waals surface area contributed by atoms with Crippen LogP contribution in [0.5, 0.6) is 0 Å². The van der Waals surface area contributed by atoms with Crippen LogP contribution in [-0.4, -0.2) is 23.5 Å². The molecular weight excluding hydrogens is 248 g/mol. The molecule has 0 bridgehead atoms. The molecule has 19 heavy (non-hydrogen) atoms. The van der Waals surface area contributed by atoms with Crippen LogP contribution in [0.4, 0.5) is 11.4 Å². The van der Waals surface area contributed by atoms with Gasteiger partial charge in [0.25, 0.3) is 12.2 Å². The van der Waals surface area contributed by atoms with E-state index in [9.17, 15) is 14.9 Å². The molecule has 0 radical (unpaired) electrons. The minimum atomic E-state index is -0.318. The van der Waals surface area contributed by atoms with Crippen LogP contribution in [0, 0.1) is 10.1 Å². The summed E-state index contributed by atoms with van der Waals surface area (Å²) in [4.78, 5) is 21.9. The fraction of sp³-hybridized carbons (Fsp3) is 0.462. The molecule has 2 aliphatic heterocycles. The van der Waals surface area contributed by atoms with Crippen LogP contribution in [0.1, 0.15) is 32.4 Å². The largest absolute Gasteiger partial charge is 0.462 e. The Bertz CT molecular complexity index is 522. The number of anilines is 1. The summed E-state index contributed by atoms with van der Waals surface area (Å²) in [6, 6.07) is 5.79. The predicted octanol–water partition coefficient (Wildman–Crippen LogP) is 2.43. The highest BCUT2D eigenvalue weighted by atomic mass is 16.6. The summed E-state index contributed by atoms with van der Waals surface area (Å²) in [6.45, 7) is 6.89. The van der Waals surface area contributed by atoms with Gasteiger partial charge in [-0.2, -0.15) is 0 Å². The first-order valence-electron chi connectivity index (χ1n) is 6.00. The molecule has 0 saturated carbocycles. The van der Waals surface area contributed by atoms with Crippen LogP contribution in [-0.2, 0) is 9.53 Å². The van der Waals surface area contributed by atoms with Crippen molar-refractivity contribution in [2.75, 3.05) is 11.4 Å². The van der Waals surface area contributed by atoms with Gasteiger partial charge in [0.05, 0.1) is 11.0 Å². The molecule has 2 heterocycles. The van der Waals surface area contributed by atoms with Gasteiger partial charge in [-0.3, -0.25) is 14.9 Å². The number of hydrogen-bond acceptors (Lipinski definition) is 5. The van der Waals surface area contributed by atoms with Gasteiger partial charge in [-0.1, -0.05) is 12.1 Å². The third-order valence-electron chi connectivity index (χ3n) is 2.90. The van der Waals surface area contributed by atoms with Gasteiger partial charge in [0.15, 0.2) is 0 Å². The van der Waals surface area contributed by atoms with Crippen molar-refractivity contribution in [3.63, 3.8) is 0 Å². The van der Waals surface area contributed by atoms with Crippen molar-refractivity contribution in [1.29, 1.82) is 0 Å². The fourth-order valence-corrected chi connectivity index (χ4v) is 2.01. The number of para-hydroxylation sites is 1. The maximum absolute atomic E-state index is 10.6. The summed E-state index contributed by atoms with van der Waals surface area (Å²) in [7, 11) is 0. The first-order valence-corrected chi connectivity index (χ1v) is 6.00. The number of fused-ring (bicyclic) bond motifs is 4. The van der Waals surface area contributed by atoms with Crippen LogP contribution >= 0.6 is 0 Å². The Hall–Kier alpha value is -2.11. The first-order chi connectivity index (χ1) is 8.85. The number of ether oxygens (including phenoxy) is 1. The van der Waals surface area contributed by atoms with Crippen molar-refractivity contribution in [3.05, 3.63) is 33.9 Å². The second-order valence-corrected chi connectivity index (χ2v) is 5.47. The number of nitro groups is 1. The predicted molar refractivity (Wildman–Crippen MR) is 70.1 cm³/mol. The Balaban J connectivity index is 0.000000167. The van der Waals surface area contributed by atoms with Gasteiger partial charge in [0.2, 0.25) is 0 Å². The van der Waals surface area contributed by atoms with Crippen LogP contribution in [0.25, 0.3) is 0 Å². The number of benzene rings is 1. The minimum absolute atomic E-state index is 0.251. The molecule has 1 aromatic rings. The third-order valence-corrected chi connectivity index (χ3v) is 2.90. The molecule has 2 aliphatic rings. The summed E-state index contributed by atoms with van der Waals surface area (Å²) in [6.07, 6.45) is 0. The maximum Gasteiger partial charge on any atom is 0.293 e. The average Bonchev–Trinajstić information content (AvgIpc) is 2.98. The molecule has 102 valence electrons. The van der Waals surface area contributed by atoms with Gasteiger partial charge >= 0.3 is 0 Å². The van der Waals surface area contributed by atoms with Gasteiger partial charge in [-0.15, -0.1) is 0 Å². The van der Waals surface area contributed by atoms with E-state index in [-0.39, 0.29) is 16.2 Å². The van der Waals surface area contributed by atoms with Gasteiger partial charge in [0, 0.05) is 18.2 Å². The molecule has 6 nitrogen and oxygen atoms in total. The van der Waals surface area contributed by atoms with E-state index in [0.29, 0.717) is 12.5 Å². The van der Waals surface area contributed by atoms with E-state index in [1.54, 1.807) is 12.1 Å². The zero-order chi connectivity index (χ0) is 14.2. The smallest absolute Gasteiger partial charge is 0.293 e. The molecule has 1 unspecified atom stereocenters. The second kappa shape index (κ2) is 4.53. The molecule has 1 aromatic carbocycles. The number of carbonyl (C=O) groups excluding carboxylic acids is 1. The summed E-state index contributed by atoms with van der Waals surface area (Å²) in [5.74, 6) is 0. The lowest BCUT2D eigenvalue weighted by Crippen LogP contribution is -2.17. The molecule has 0 aromatic heterocycles. The highest BCUT2D eigenvalue weighted by Gasteiger charge is 2.51. The van der Waals surface area contributed by atoms with Crippen molar-refractivity contribution in [3.8, 4) is 0 Å². The quantitative estimate of drug-likeness (QED) is 0.355. The Morgan fingerprint density at radius 1 is 1.47 bits per heavy atom. The topological polar surface area (TPSA) is 72.5 Å². The monoisotopic (exact) mass is 264 g/mol. The molecular formula is C13H16N2O4. The van der Waals surface area contributed by atoms with Gasteiger partial charge in [0.1, 0.15) is 11.3 Å². The van der Waals surface area contributed by atoms with E-state index in [4.69, 9.17) is 0 Å². The van der Waals surface area contributed by atoms with Gasteiger partial charge < -0.3 is 9.64 Å². The molecule has 6 heteroatoms. The molecule has 3 rings (SSSR count). The van der Waals surface area contributed by atoms with E-state index < -0.39 is 0 Å². The summed E-state index contributed by atoms with van der Waals surface area (Å²) in [5.41, 5.74) is 1.92. The lowest BCUT2D eigenvalue weighted by Gasteiger charge is -2.19. The molecule has 1 fully saturated rings. The van der Waals surface area contributed by atoms with E-state index in [1.165, 1.54) is 0 Å². The number of hydrogen-bond donors (Lipinski definition) is 0. The maximum atomic E-state index is 10.6.